The molecule has 1 fully saturated rings. The fraction of sp³-hybridized carbons (Fsp3) is 0.643. The third kappa shape index (κ3) is 4.73. The van der Waals surface area contributed by atoms with Crippen molar-refractivity contribution >= 4 is 0 Å². The van der Waals surface area contributed by atoms with Crippen LogP contribution in [0.1, 0.15) is 32.1 Å². The molecular formula is C14H22N2O. The summed E-state index contributed by atoms with van der Waals surface area (Å²) >= 11 is 0. The topological polar surface area (TPSA) is 34.1 Å². The van der Waals surface area contributed by atoms with E-state index in [4.69, 9.17) is 4.74 Å². The summed E-state index contributed by atoms with van der Waals surface area (Å²) in [6, 6.07) is 5.73. The molecule has 3 heteroatoms. The standard InChI is InChI=1S/C14H22N2O/c1-2-6-13(7-3-1)12-15-10-11-17-14-8-4-5-9-16-14/h4-5,8-9,13,15H,1-3,6-7,10-12H2. The van der Waals surface area contributed by atoms with Gasteiger partial charge in [-0.3, -0.25) is 0 Å². The highest BCUT2D eigenvalue weighted by atomic mass is 16.5. The van der Waals surface area contributed by atoms with Crippen molar-refractivity contribution in [3.05, 3.63) is 24.4 Å². The highest BCUT2D eigenvalue weighted by Gasteiger charge is 2.12. The number of hydrogen-bond acceptors (Lipinski definition) is 3. The van der Waals surface area contributed by atoms with Crippen LogP contribution in [0.25, 0.3) is 0 Å². The van der Waals surface area contributed by atoms with E-state index < -0.39 is 0 Å². The molecule has 1 aromatic heterocycles. The Balaban J connectivity index is 1.51. The summed E-state index contributed by atoms with van der Waals surface area (Å²) in [4.78, 5) is 4.12. The summed E-state index contributed by atoms with van der Waals surface area (Å²) in [5, 5.41) is 3.47. The van der Waals surface area contributed by atoms with Crippen LogP contribution in [-0.2, 0) is 0 Å². The molecule has 0 amide bonds. The van der Waals surface area contributed by atoms with Gasteiger partial charge in [-0.05, 0) is 31.4 Å². The number of hydrogen-bond donors (Lipinski definition) is 1. The normalized spacial score (nSPS) is 16.9. The number of pyridine rings is 1. The van der Waals surface area contributed by atoms with Crippen molar-refractivity contribution in [1.29, 1.82) is 0 Å². The first-order valence-corrected chi connectivity index (χ1v) is 6.70. The van der Waals surface area contributed by atoms with Crippen molar-refractivity contribution in [3.8, 4) is 5.88 Å². The molecule has 1 saturated carbocycles. The molecule has 0 unspecified atom stereocenters. The van der Waals surface area contributed by atoms with E-state index in [9.17, 15) is 0 Å². The average Bonchev–Trinajstić information content (AvgIpc) is 2.41. The number of nitrogens with zero attached hydrogens (tertiary/aromatic N) is 1. The van der Waals surface area contributed by atoms with Crippen LogP contribution in [0, 0.1) is 5.92 Å². The van der Waals surface area contributed by atoms with Gasteiger partial charge in [-0.25, -0.2) is 4.98 Å². The monoisotopic (exact) mass is 234 g/mol. The van der Waals surface area contributed by atoms with Crippen molar-refractivity contribution in [2.24, 2.45) is 5.92 Å². The van der Waals surface area contributed by atoms with E-state index in [0.717, 1.165) is 19.0 Å². The van der Waals surface area contributed by atoms with Crippen LogP contribution in [0.15, 0.2) is 24.4 Å². The first-order chi connectivity index (χ1) is 8.45. The molecule has 17 heavy (non-hydrogen) atoms. The maximum absolute atomic E-state index is 5.52. The Kier molecular flexibility index (Phi) is 5.30. The van der Waals surface area contributed by atoms with Gasteiger partial charge in [-0.1, -0.05) is 25.3 Å². The minimum Gasteiger partial charge on any atom is -0.476 e. The molecule has 0 atom stereocenters. The maximum atomic E-state index is 5.52. The van der Waals surface area contributed by atoms with Crippen molar-refractivity contribution in [1.82, 2.24) is 10.3 Å². The van der Waals surface area contributed by atoms with E-state index in [0.29, 0.717) is 12.5 Å². The van der Waals surface area contributed by atoms with E-state index >= 15 is 0 Å². The molecule has 0 saturated heterocycles. The lowest BCUT2D eigenvalue weighted by atomic mass is 9.89. The van der Waals surface area contributed by atoms with Gasteiger partial charge < -0.3 is 10.1 Å². The molecule has 0 spiro atoms. The van der Waals surface area contributed by atoms with E-state index in [1.807, 2.05) is 18.2 Å². The molecule has 3 nitrogen and oxygen atoms in total. The summed E-state index contributed by atoms with van der Waals surface area (Å²) in [5.74, 6) is 1.60. The van der Waals surface area contributed by atoms with E-state index in [-0.39, 0.29) is 0 Å². The zero-order chi connectivity index (χ0) is 11.8. The molecule has 0 aliphatic heterocycles. The second-order valence-corrected chi connectivity index (χ2v) is 4.72. The van der Waals surface area contributed by atoms with Crippen molar-refractivity contribution in [2.75, 3.05) is 19.7 Å². The third-order valence-corrected chi connectivity index (χ3v) is 3.32. The van der Waals surface area contributed by atoms with E-state index in [1.165, 1.54) is 32.1 Å². The highest BCUT2D eigenvalue weighted by molar-refractivity contribution is 5.08. The predicted molar refractivity (Wildman–Crippen MR) is 69.2 cm³/mol. The van der Waals surface area contributed by atoms with Gasteiger partial charge in [0.05, 0.1) is 0 Å². The van der Waals surface area contributed by atoms with Gasteiger partial charge in [0.25, 0.3) is 0 Å². The van der Waals surface area contributed by atoms with Crippen LogP contribution >= 0.6 is 0 Å². The average molecular weight is 234 g/mol. The lowest BCUT2D eigenvalue weighted by molar-refractivity contribution is 0.287. The second kappa shape index (κ2) is 7.28. The number of rotatable bonds is 6. The van der Waals surface area contributed by atoms with Gasteiger partial charge in [-0.2, -0.15) is 0 Å². The van der Waals surface area contributed by atoms with Crippen molar-refractivity contribution in [3.63, 3.8) is 0 Å². The first-order valence-electron chi connectivity index (χ1n) is 6.70. The Labute approximate surface area is 104 Å². The number of nitrogens with one attached hydrogen (secondary N) is 1. The fourth-order valence-corrected chi connectivity index (χ4v) is 2.36. The van der Waals surface area contributed by atoms with E-state index in [2.05, 4.69) is 10.3 Å². The molecule has 1 N–H and O–H groups in total. The third-order valence-electron chi connectivity index (χ3n) is 3.32. The Morgan fingerprint density at radius 2 is 2.12 bits per heavy atom. The molecular weight excluding hydrogens is 212 g/mol. The zero-order valence-corrected chi connectivity index (χ0v) is 10.4. The molecule has 0 radical (unpaired) electrons. The van der Waals surface area contributed by atoms with E-state index in [1.54, 1.807) is 6.20 Å². The fourth-order valence-electron chi connectivity index (χ4n) is 2.36. The van der Waals surface area contributed by atoms with Gasteiger partial charge in [0.15, 0.2) is 0 Å². The Morgan fingerprint density at radius 1 is 1.24 bits per heavy atom. The minimum atomic E-state index is 0.698. The van der Waals surface area contributed by atoms with Gasteiger partial charge in [0.1, 0.15) is 6.61 Å². The molecule has 1 heterocycles. The van der Waals surface area contributed by atoms with Gasteiger partial charge in [-0.15, -0.1) is 0 Å². The summed E-state index contributed by atoms with van der Waals surface area (Å²) in [7, 11) is 0. The van der Waals surface area contributed by atoms with Crippen LogP contribution in [0.5, 0.6) is 5.88 Å². The van der Waals surface area contributed by atoms with Crippen molar-refractivity contribution in [2.45, 2.75) is 32.1 Å². The Bertz CT molecular complexity index is 296. The lowest BCUT2D eigenvalue weighted by Crippen LogP contribution is -2.28. The molecule has 0 aromatic carbocycles. The lowest BCUT2D eigenvalue weighted by Gasteiger charge is -2.21. The molecule has 1 aliphatic rings. The van der Waals surface area contributed by atoms with Crippen LogP contribution in [0.3, 0.4) is 0 Å². The van der Waals surface area contributed by atoms with Gasteiger partial charge in [0, 0.05) is 18.8 Å². The molecule has 2 rings (SSSR count). The van der Waals surface area contributed by atoms with Gasteiger partial charge >= 0.3 is 0 Å². The van der Waals surface area contributed by atoms with Crippen molar-refractivity contribution < 1.29 is 4.74 Å². The summed E-state index contributed by atoms with van der Waals surface area (Å²) in [5.41, 5.74) is 0. The number of aromatic nitrogens is 1. The van der Waals surface area contributed by atoms with Crippen LogP contribution < -0.4 is 10.1 Å². The Hall–Kier alpha value is -1.09. The van der Waals surface area contributed by atoms with Gasteiger partial charge in [0.2, 0.25) is 5.88 Å². The molecule has 0 bridgehead atoms. The zero-order valence-electron chi connectivity index (χ0n) is 10.4. The second-order valence-electron chi connectivity index (χ2n) is 4.72. The highest BCUT2D eigenvalue weighted by Crippen LogP contribution is 2.22. The van der Waals surface area contributed by atoms with Crippen LogP contribution in [0.4, 0.5) is 0 Å². The smallest absolute Gasteiger partial charge is 0.213 e. The first kappa shape index (κ1) is 12.4. The van der Waals surface area contributed by atoms with Crippen LogP contribution in [0.2, 0.25) is 0 Å². The van der Waals surface area contributed by atoms with Crippen LogP contribution in [-0.4, -0.2) is 24.7 Å². The maximum Gasteiger partial charge on any atom is 0.213 e. The minimum absolute atomic E-state index is 0.698. The summed E-state index contributed by atoms with van der Waals surface area (Å²) in [6.45, 7) is 2.75. The Morgan fingerprint density at radius 3 is 2.88 bits per heavy atom. The summed E-state index contributed by atoms with van der Waals surface area (Å²) in [6.07, 6.45) is 8.81. The quantitative estimate of drug-likeness (QED) is 0.768. The largest absolute Gasteiger partial charge is 0.476 e. The number of ether oxygens (including phenoxy) is 1. The molecule has 1 aromatic rings. The summed E-state index contributed by atoms with van der Waals surface area (Å²) < 4.78 is 5.52. The predicted octanol–water partition coefficient (Wildman–Crippen LogP) is 2.63. The molecule has 1 aliphatic carbocycles. The molecule has 94 valence electrons. The SMILES string of the molecule is c1ccc(OCCNCC2CCCCC2)nc1.